The number of ether oxygens (including phenoxy) is 2. The van der Waals surface area contributed by atoms with Gasteiger partial charge in [-0.3, -0.25) is 19.3 Å². The summed E-state index contributed by atoms with van der Waals surface area (Å²) >= 11 is 0. The highest BCUT2D eigenvalue weighted by molar-refractivity contribution is 6.51. The van der Waals surface area contributed by atoms with Crippen molar-refractivity contribution in [2.24, 2.45) is 0 Å². The second kappa shape index (κ2) is 10.6. The number of ketones is 1. The van der Waals surface area contributed by atoms with Crippen LogP contribution in [0.25, 0.3) is 5.76 Å². The van der Waals surface area contributed by atoms with Crippen molar-refractivity contribution >= 4 is 29.1 Å². The van der Waals surface area contributed by atoms with Gasteiger partial charge in [-0.25, -0.2) is 0 Å². The summed E-state index contributed by atoms with van der Waals surface area (Å²) in [5.74, 6) is -2.21. The molecule has 1 saturated heterocycles. The molecule has 1 aliphatic heterocycles. The number of aliphatic hydroxyl groups excluding tert-OH is 1. The molecule has 2 N–H and O–H groups in total. The van der Waals surface area contributed by atoms with E-state index in [9.17, 15) is 24.6 Å². The van der Waals surface area contributed by atoms with E-state index in [2.05, 4.69) is 0 Å². The third-order valence-corrected chi connectivity index (χ3v) is 6.74. The van der Waals surface area contributed by atoms with Gasteiger partial charge in [-0.2, -0.15) is 0 Å². The van der Waals surface area contributed by atoms with Crippen molar-refractivity contribution in [2.45, 2.75) is 38.6 Å². The highest BCUT2D eigenvalue weighted by atomic mass is 16.5. The SMILES string of the molecule is COC(=O)Cc1ccc(N2C(=O)C(=O)/C(=C(/O)c3cc(C(C)(C)C)ccc3OC)C2c2cccc(O)c2)cc1. The summed E-state index contributed by atoms with van der Waals surface area (Å²) < 4.78 is 10.2. The number of anilines is 1. The van der Waals surface area contributed by atoms with E-state index < -0.39 is 23.7 Å². The normalized spacial score (nSPS) is 16.8. The van der Waals surface area contributed by atoms with Crippen LogP contribution in [-0.4, -0.2) is 42.1 Å². The highest BCUT2D eigenvalue weighted by Gasteiger charge is 2.47. The summed E-state index contributed by atoms with van der Waals surface area (Å²) in [6.07, 6.45) is 0.0511. The number of amides is 1. The number of phenolic OH excluding ortho intramolecular Hbond substituents is 1. The lowest BCUT2D eigenvalue weighted by Gasteiger charge is -2.26. The third kappa shape index (κ3) is 5.36. The van der Waals surface area contributed by atoms with Crippen molar-refractivity contribution in [2.75, 3.05) is 19.1 Å². The number of carbonyl (C=O) groups excluding carboxylic acids is 3. The molecule has 4 rings (SSSR count). The quantitative estimate of drug-likeness (QED) is 0.199. The first-order valence-corrected chi connectivity index (χ1v) is 12.4. The Bertz CT molecular complexity index is 1460. The van der Waals surface area contributed by atoms with Crippen LogP contribution in [0.5, 0.6) is 11.5 Å². The number of methoxy groups -OCH3 is 2. The topological polar surface area (TPSA) is 113 Å². The first-order valence-electron chi connectivity index (χ1n) is 12.4. The van der Waals surface area contributed by atoms with Crippen LogP contribution >= 0.6 is 0 Å². The molecule has 1 atom stereocenters. The van der Waals surface area contributed by atoms with Gasteiger partial charge in [-0.05, 0) is 58.5 Å². The van der Waals surface area contributed by atoms with Crippen LogP contribution in [0.4, 0.5) is 5.69 Å². The minimum atomic E-state index is -1.04. The number of hydrogen-bond donors (Lipinski definition) is 2. The van der Waals surface area contributed by atoms with E-state index in [1.165, 1.54) is 31.3 Å². The Morgan fingerprint density at radius 3 is 2.26 bits per heavy atom. The number of hydrogen-bond acceptors (Lipinski definition) is 7. The smallest absolute Gasteiger partial charge is 0.309 e. The van der Waals surface area contributed by atoms with Gasteiger partial charge in [-0.15, -0.1) is 0 Å². The first-order chi connectivity index (χ1) is 18.5. The second-order valence-corrected chi connectivity index (χ2v) is 10.3. The molecule has 1 aliphatic rings. The van der Waals surface area contributed by atoms with E-state index in [0.29, 0.717) is 22.6 Å². The van der Waals surface area contributed by atoms with Crippen LogP contribution in [0, 0.1) is 0 Å². The minimum Gasteiger partial charge on any atom is -0.508 e. The first kappa shape index (κ1) is 27.4. The Morgan fingerprint density at radius 1 is 0.974 bits per heavy atom. The van der Waals surface area contributed by atoms with Gasteiger partial charge >= 0.3 is 5.97 Å². The highest BCUT2D eigenvalue weighted by Crippen LogP contribution is 2.44. The molecule has 39 heavy (non-hydrogen) atoms. The van der Waals surface area contributed by atoms with Crippen LogP contribution in [0.15, 0.2) is 72.3 Å². The summed E-state index contributed by atoms with van der Waals surface area (Å²) in [5.41, 5.74) is 2.27. The molecule has 1 heterocycles. The van der Waals surface area contributed by atoms with Crippen molar-refractivity contribution in [3.8, 4) is 11.5 Å². The molecule has 202 valence electrons. The lowest BCUT2D eigenvalue weighted by Crippen LogP contribution is -2.29. The fraction of sp³-hybridized carbons (Fsp3) is 0.258. The van der Waals surface area contributed by atoms with E-state index in [1.807, 2.05) is 26.8 Å². The molecule has 1 unspecified atom stereocenters. The van der Waals surface area contributed by atoms with Crippen LogP contribution in [-0.2, 0) is 31.0 Å². The molecule has 0 saturated carbocycles. The number of benzene rings is 3. The molecule has 1 fully saturated rings. The van der Waals surface area contributed by atoms with Gasteiger partial charge < -0.3 is 19.7 Å². The number of Topliss-reactive ketones (excluding diaryl/α,β-unsaturated/α-hetero) is 1. The molecular weight excluding hydrogens is 498 g/mol. The van der Waals surface area contributed by atoms with Gasteiger partial charge in [0.1, 0.15) is 17.3 Å². The molecule has 8 nitrogen and oxygen atoms in total. The Morgan fingerprint density at radius 2 is 1.67 bits per heavy atom. The Kier molecular flexibility index (Phi) is 7.49. The van der Waals surface area contributed by atoms with Crippen molar-refractivity contribution in [1.29, 1.82) is 0 Å². The average molecular weight is 530 g/mol. The third-order valence-electron chi connectivity index (χ3n) is 6.74. The number of carbonyl (C=O) groups is 3. The van der Waals surface area contributed by atoms with Crippen LogP contribution in [0.3, 0.4) is 0 Å². The predicted molar refractivity (Wildman–Crippen MR) is 147 cm³/mol. The summed E-state index contributed by atoms with van der Waals surface area (Å²) in [5, 5.41) is 21.9. The van der Waals surface area contributed by atoms with Crippen molar-refractivity contribution in [3.05, 3.63) is 94.6 Å². The number of esters is 1. The van der Waals surface area contributed by atoms with E-state index in [1.54, 1.807) is 48.5 Å². The average Bonchev–Trinajstić information content (AvgIpc) is 3.17. The second-order valence-electron chi connectivity index (χ2n) is 10.3. The Hall–Kier alpha value is -4.59. The number of nitrogens with zero attached hydrogens (tertiary/aromatic N) is 1. The molecule has 0 radical (unpaired) electrons. The zero-order valence-corrected chi connectivity index (χ0v) is 22.5. The molecule has 0 aliphatic carbocycles. The summed E-state index contributed by atoms with van der Waals surface area (Å²) in [6, 6.07) is 17.1. The van der Waals surface area contributed by atoms with E-state index in [-0.39, 0.29) is 34.5 Å². The monoisotopic (exact) mass is 529 g/mol. The van der Waals surface area contributed by atoms with E-state index >= 15 is 0 Å². The fourth-order valence-corrected chi connectivity index (χ4v) is 4.63. The molecule has 3 aromatic carbocycles. The molecular formula is C31H31NO7. The zero-order chi connectivity index (χ0) is 28.5. The number of aliphatic hydroxyl groups is 1. The molecule has 1 amide bonds. The number of rotatable bonds is 6. The summed E-state index contributed by atoms with van der Waals surface area (Å²) in [7, 11) is 2.77. The maximum Gasteiger partial charge on any atom is 0.309 e. The Labute approximate surface area is 227 Å². The van der Waals surface area contributed by atoms with E-state index in [4.69, 9.17) is 9.47 Å². The van der Waals surface area contributed by atoms with E-state index in [0.717, 1.165) is 5.56 Å². The molecule has 0 bridgehead atoms. The lowest BCUT2D eigenvalue weighted by molar-refractivity contribution is -0.139. The minimum absolute atomic E-state index is 0.0511. The van der Waals surface area contributed by atoms with Gasteiger partial charge in [-0.1, -0.05) is 51.1 Å². The van der Waals surface area contributed by atoms with Gasteiger partial charge in [0.2, 0.25) is 0 Å². The standard InChI is InChI=1S/C31H31NO7/c1-31(2,3)20-11-14-24(38-4)23(17-20)28(35)26-27(19-7-6-8-22(33)16-19)32(30(37)29(26)36)21-12-9-18(10-13-21)15-25(34)39-5/h6-14,16-17,27,33,35H,15H2,1-5H3/b28-26+. The van der Waals surface area contributed by atoms with Crippen molar-refractivity contribution in [3.63, 3.8) is 0 Å². The van der Waals surface area contributed by atoms with Gasteiger partial charge in [0.15, 0.2) is 0 Å². The Balaban J connectivity index is 1.92. The summed E-state index contributed by atoms with van der Waals surface area (Å²) in [6.45, 7) is 6.07. The molecule has 3 aromatic rings. The van der Waals surface area contributed by atoms with Crippen LogP contribution in [0.2, 0.25) is 0 Å². The molecule has 0 spiro atoms. The summed E-state index contributed by atoms with van der Waals surface area (Å²) in [4.78, 5) is 40.0. The zero-order valence-electron chi connectivity index (χ0n) is 22.5. The number of aromatic hydroxyl groups is 1. The fourth-order valence-electron chi connectivity index (χ4n) is 4.63. The maximum absolute atomic E-state index is 13.5. The maximum atomic E-state index is 13.5. The van der Waals surface area contributed by atoms with Crippen molar-refractivity contribution < 1.29 is 34.1 Å². The number of phenols is 1. The lowest BCUT2D eigenvalue weighted by atomic mass is 9.85. The van der Waals surface area contributed by atoms with Gasteiger partial charge in [0, 0.05) is 5.69 Å². The molecule has 8 heteroatoms. The van der Waals surface area contributed by atoms with Crippen molar-refractivity contribution in [1.82, 2.24) is 0 Å². The van der Waals surface area contributed by atoms with Gasteiger partial charge in [0.25, 0.3) is 11.7 Å². The molecule has 0 aromatic heterocycles. The van der Waals surface area contributed by atoms with Crippen LogP contribution < -0.4 is 9.64 Å². The van der Waals surface area contributed by atoms with Gasteiger partial charge in [0.05, 0.1) is 37.8 Å². The predicted octanol–water partition coefficient (Wildman–Crippen LogP) is 5.04. The van der Waals surface area contributed by atoms with Crippen LogP contribution in [0.1, 0.15) is 49.1 Å². The largest absolute Gasteiger partial charge is 0.508 e.